The summed E-state index contributed by atoms with van der Waals surface area (Å²) in [4.78, 5) is 0. The van der Waals surface area contributed by atoms with E-state index < -0.39 is 0 Å². The van der Waals surface area contributed by atoms with Crippen molar-refractivity contribution in [2.24, 2.45) is 0 Å². The highest BCUT2D eigenvalue weighted by Crippen LogP contribution is 2.31. The van der Waals surface area contributed by atoms with Gasteiger partial charge in [-0.1, -0.05) is 15.9 Å². The molecule has 0 unspecified atom stereocenters. The molecule has 1 aromatic carbocycles. The largest absolute Gasteiger partial charge is 0.497 e. The third-order valence-corrected chi connectivity index (χ3v) is 2.72. The fourth-order valence-corrected chi connectivity index (χ4v) is 1.67. The maximum atomic E-state index is 5.65. The number of alkyl halides is 1. The van der Waals surface area contributed by atoms with E-state index >= 15 is 0 Å². The van der Waals surface area contributed by atoms with Crippen molar-refractivity contribution in [3.05, 3.63) is 18.2 Å². The lowest BCUT2D eigenvalue weighted by molar-refractivity contribution is 0.286. The number of unbranched alkanes of at least 4 members (excludes halogenated alkanes) is 1. The molecule has 90 valence electrons. The van der Waals surface area contributed by atoms with Crippen LogP contribution in [0.15, 0.2) is 18.2 Å². The fraction of sp³-hybridized carbons (Fsp3) is 0.500. The van der Waals surface area contributed by atoms with E-state index in [4.69, 9.17) is 14.2 Å². The van der Waals surface area contributed by atoms with Gasteiger partial charge in [0.05, 0.1) is 20.8 Å². The van der Waals surface area contributed by atoms with Gasteiger partial charge in [-0.25, -0.2) is 0 Å². The first-order valence-electron chi connectivity index (χ1n) is 5.22. The fourth-order valence-electron chi connectivity index (χ4n) is 1.28. The first-order chi connectivity index (χ1) is 7.81. The van der Waals surface area contributed by atoms with Crippen molar-refractivity contribution in [3.63, 3.8) is 0 Å². The molecule has 0 atom stereocenters. The van der Waals surface area contributed by atoms with Crippen molar-refractivity contribution in [2.75, 3.05) is 26.2 Å². The van der Waals surface area contributed by atoms with Crippen molar-refractivity contribution in [2.45, 2.75) is 12.8 Å². The maximum absolute atomic E-state index is 5.65. The smallest absolute Gasteiger partial charge is 0.164 e. The van der Waals surface area contributed by atoms with Crippen LogP contribution in [0, 0.1) is 0 Å². The third-order valence-electron chi connectivity index (χ3n) is 2.16. The Morgan fingerprint density at radius 1 is 1.06 bits per heavy atom. The van der Waals surface area contributed by atoms with Gasteiger partial charge in [-0.2, -0.15) is 0 Å². The van der Waals surface area contributed by atoms with Gasteiger partial charge >= 0.3 is 0 Å². The number of rotatable bonds is 7. The Balaban J connectivity index is 2.60. The highest BCUT2D eigenvalue weighted by molar-refractivity contribution is 9.09. The summed E-state index contributed by atoms with van der Waals surface area (Å²) in [6.07, 6.45) is 2.12. The second-order valence-electron chi connectivity index (χ2n) is 3.26. The van der Waals surface area contributed by atoms with Gasteiger partial charge in [0.15, 0.2) is 11.5 Å². The molecule has 0 radical (unpaired) electrons. The second-order valence-corrected chi connectivity index (χ2v) is 4.05. The summed E-state index contributed by atoms with van der Waals surface area (Å²) in [5, 5.41) is 1.01. The summed E-state index contributed by atoms with van der Waals surface area (Å²) in [7, 11) is 3.27. The van der Waals surface area contributed by atoms with Crippen LogP contribution in [0.1, 0.15) is 12.8 Å². The Hall–Kier alpha value is -0.900. The van der Waals surface area contributed by atoms with Crippen LogP contribution in [0.5, 0.6) is 17.2 Å². The predicted octanol–water partition coefficient (Wildman–Crippen LogP) is 3.26. The number of hydrogen-bond donors (Lipinski definition) is 0. The van der Waals surface area contributed by atoms with Crippen molar-refractivity contribution in [1.82, 2.24) is 0 Å². The van der Waals surface area contributed by atoms with Crippen molar-refractivity contribution < 1.29 is 14.2 Å². The Morgan fingerprint density at radius 2 is 1.88 bits per heavy atom. The molecule has 0 N–H and O–H groups in total. The molecule has 16 heavy (non-hydrogen) atoms. The maximum Gasteiger partial charge on any atom is 0.164 e. The van der Waals surface area contributed by atoms with Crippen molar-refractivity contribution in [1.29, 1.82) is 0 Å². The van der Waals surface area contributed by atoms with Gasteiger partial charge in [0.25, 0.3) is 0 Å². The molecule has 0 aliphatic rings. The topological polar surface area (TPSA) is 27.7 Å². The monoisotopic (exact) mass is 288 g/mol. The van der Waals surface area contributed by atoms with Gasteiger partial charge < -0.3 is 14.2 Å². The molecule has 1 aromatic rings. The van der Waals surface area contributed by atoms with Crippen LogP contribution in [0.25, 0.3) is 0 Å². The predicted molar refractivity (Wildman–Crippen MR) is 68.1 cm³/mol. The van der Waals surface area contributed by atoms with Crippen LogP contribution >= 0.6 is 15.9 Å². The Labute approximate surface area is 105 Å². The van der Waals surface area contributed by atoms with Crippen LogP contribution in [-0.2, 0) is 0 Å². The SMILES string of the molecule is COc1ccc(OC)c(OCCCCBr)c1. The third kappa shape index (κ3) is 3.93. The molecule has 0 saturated heterocycles. The van der Waals surface area contributed by atoms with Crippen LogP contribution in [0.2, 0.25) is 0 Å². The molecule has 0 fully saturated rings. The summed E-state index contributed by atoms with van der Waals surface area (Å²) < 4.78 is 16.0. The van der Waals surface area contributed by atoms with Gasteiger partial charge in [0.2, 0.25) is 0 Å². The number of hydrogen-bond acceptors (Lipinski definition) is 3. The Bertz CT molecular complexity index is 315. The number of benzene rings is 1. The summed E-state index contributed by atoms with van der Waals surface area (Å²) >= 11 is 3.39. The first-order valence-corrected chi connectivity index (χ1v) is 6.34. The van der Waals surface area contributed by atoms with E-state index in [2.05, 4.69) is 15.9 Å². The van der Waals surface area contributed by atoms with Gasteiger partial charge in [0, 0.05) is 11.4 Å². The number of methoxy groups -OCH3 is 2. The van der Waals surface area contributed by atoms with Crippen molar-refractivity contribution in [3.8, 4) is 17.2 Å². The molecule has 0 aliphatic carbocycles. The van der Waals surface area contributed by atoms with E-state index in [1.807, 2.05) is 18.2 Å². The summed E-state index contributed by atoms with van der Waals surface area (Å²) in [6, 6.07) is 5.54. The lowest BCUT2D eigenvalue weighted by atomic mass is 10.3. The molecule has 4 heteroatoms. The van der Waals surface area contributed by atoms with E-state index in [0.717, 1.165) is 35.4 Å². The van der Waals surface area contributed by atoms with Crippen LogP contribution in [0.3, 0.4) is 0 Å². The second kappa shape index (κ2) is 7.39. The van der Waals surface area contributed by atoms with E-state index in [1.165, 1.54) is 0 Å². The molecule has 0 saturated carbocycles. The van der Waals surface area contributed by atoms with Crippen LogP contribution in [-0.4, -0.2) is 26.2 Å². The average molecular weight is 289 g/mol. The zero-order valence-corrected chi connectivity index (χ0v) is 11.2. The average Bonchev–Trinajstić information content (AvgIpc) is 2.34. The number of halogens is 1. The summed E-state index contributed by atoms with van der Waals surface area (Å²) in [5.41, 5.74) is 0. The first kappa shape index (κ1) is 13.2. The van der Waals surface area contributed by atoms with Gasteiger partial charge in [-0.3, -0.25) is 0 Å². The molecule has 0 amide bonds. The molecule has 3 nitrogen and oxygen atoms in total. The molecule has 0 bridgehead atoms. The number of ether oxygens (including phenoxy) is 3. The zero-order valence-electron chi connectivity index (χ0n) is 9.66. The lowest BCUT2D eigenvalue weighted by Crippen LogP contribution is -2.00. The molecule has 0 spiro atoms. The Kier molecular flexibility index (Phi) is 6.08. The van der Waals surface area contributed by atoms with E-state index in [9.17, 15) is 0 Å². The van der Waals surface area contributed by atoms with E-state index in [-0.39, 0.29) is 0 Å². The molecular formula is C12H17BrO3. The minimum Gasteiger partial charge on any atom is -0.497 e. The van der Waals surface area contributed by atoms with Gasteiger partial charge in [0.1, 0.15) is 5.75 Å². The summed E-state index contributed by atoms with van der Waals surface area (Å²) in [6.45, 7) is 0.690. The highest BCUT2D eigenvalue weighted by Gasteiger charge is 2.05. The normalized spacial score (nSPS) is 9.94. The Morgan fingerprint density at radius 3 is 2.50 bits per heavy atom. The zero-order chi connectivity index (χ0) is 11.8. The molecular weight excluding hydrogens is 272 g/mol. The minimum absolute atomic E-state index is 0.690. The van der Waals surface area contributed by atoms with E-state index in [0.29, 0.717) is 6.61 Å². The molecule has 0 aromatic heterocycles. The highest BCUT2D eigenvalue weighted by atomic mass is 79.9. The minimum atomic E-state index is 0.690. The lowest BCUT2D eigenvalue weighted by Gasteiger charge is -2.11. The standard InChI is InChI=1S/C12H17BrO3/c1-14-10-5-6-11(15-2)12(9-10)16-8-4-3-7-13/h5-6,9H,3-4,7-8H2,1-2H3. The van der Waals surface area contributed by atoms with Gasteiger partial charge in [-0.05, 0) is 25.0 Å². The van der Waals surface area contributed by atoms with Crippen molar-refractivity contribution >= 4 is 15.9 Å². The van der Waals surface area contributed by atoms with E-state index in [1.54, 1.807) is 14.2 Å². The van der Waals surface area contributed by atoms with Crippen LogP contribution < -0.4 is 14.2 Å². The summed E-state index contributed by atoms with van der Waals surface area (Å²) in [5.74, 6) is 2.24. The molecule has 1 rings (SSSR count). The van der Waals surface area contributed by atoms with Gasteiger partial charge in [-0.15, -0.1) is 0 Å². The molecule has 0 heterocycles. The van der Waals surface area contributed by atoms with Crippen LogP contribution in [0.4, 0.5) is 0 Å². The molecule has 0 aliphatic heterocycles. The quantitative estimate of drug-likeness (QED) is 0.569.